The van der Waals surface area contributed by atoms with Gasteiger partial charge in [0.05, 0.1) is 10.7 Å². The Bertz CT molecular complexity index is 490. The Balaban J connectivity index is 2.22. The molecule has 1 aliphatic rings. The summed E-state index contributed by atoms with van der Waals surface area (Å²) in [5.74, 6) is 1.49. The van der Waals surface area contributed by atoms with E-state index in [1.165, 1.54) is 6.42 Å². The molecule has 0 aliphatic carbocycles. The van der Waals surface area contributed by atoms with Gasteiger partial charge in [0.2, 0.25) is 0 Å². The molecule has 5 heteroatoms. The Labute approximate surface area is 118 Å². The van der Waals surface area contributed by atoms with Gasteiger partial charge in [-0.1, -0.05) is 30.6 Å². The lowest BCUT2D eigenvalue weighted by Gasteiger charge is -2.37. The molecule has 0 amide bonds. The number of piperidine rings is 1. The van der Waals surface area contributed by atoms with E-state index in [1.54, 1.807) is 6.07 Å². The van der Waals surface area contributed by atoms with E-state index < -0.39 is 0 Å². The van der Waals surface area contributed by atoms with Gasteiger partial charge in [0, 0.05) is 18.7 Å². The van der Waals surface area contributed by atoms with E-state index in [9.17, 15) is 0 Å². The SMILES string of the molecule is CC1CCN(c2ccc(/C(N)=N/O)cc2Cl)CC1C. The second kappa shape index (κ2) is 5.70. The Hall–Kier alpha value is -1.42. The molecule has 2 atom stereocenters. The van der Waals surface area contributed by atoms with Crippen LogP contribution in [-0.2, 0) is 0 Å². The number of oxime groups is 1. The van der Waals surface area contributed by atoms with Gasteiger partial charge in [0.25, 0.3) is 0 Å². The smallest absolute Gasteiger partial charge is 0.170 e. The van der Waals surface area contributed by atoms with Gasteiger partial charge < -0.3 is 15.8 Å². The zero-order valence-corrected chi connectivity index (χ0v) is 12.1. The first-order valence-electron chi connectivity index (χ1n) is 6.55. The maximum Gasteiger partial charge on any atom is 0.170 e. The van der Waals surface area contributed by atoms with Crippen molar-refractivity contribution in [2.75, 3.05) is 18.0 Å². The highest BCUT2D eigenvalue weighted by Crippen LogP contribution is 2.32. The standard InChI is InChI=1S/C14H20ClN3O/c1-9-5-6-18(8-10(9)2)13-4-3-11(7-12(13)15)14(16)17-19/h3-4,7,9-10,19H,5-6,8H2,1-2H3,(H2,16,17). The van der Waals surface area contributed by atoms with E-state index in [0.29, 0.717) is 16.5 Å². The third kappa shape index (κ3) is 2.95. The fourth-order valence-electron chi connectivity index (χ4n) is 2.46. The minimum Gasteiger partial charge on any atom is -0.409 e. The lowest BCUT2D eigenvalue weighted by Crippen LogP contribution is -2.38. The number of hydrogen-bond donors (Lipinski definition) is 2. The number of amidine groups is 1. The molecule has 1 saturated heterocycles. The number of nitrogens with two attached hydrogens (primary N) is 1. The van der Waals surface area contributed by atoms with E-state index in [1.807, 2.05) is 12.1 Å². The number of halogens is 1. The second-order valence-electron chi connectivity index (χ2n) is 5.34. The van der Waals surface area contributed by atoms with Crippen LogP contribution in [0, 0.1) is 11.8 Å². The van der Waals surface area contributed by atoms with Crippen LogP contribution in [0.4, 0.5) is 5.69 Å². The molecule has 1 heterocycles. The quantitative estimate of drug-likeness (QED) is 0.379. The summed E-state index contributed by atoms with van der Waals surface area (Å²) in [5.41, 5.74) is 7.22. The molecule has 0 bridgehead atoms. The molecule has 0 saturated carbocycles. The molecule has 1 aliphatic heterocycles. The first-order valence-corrected chi connectivity index (χ1v) is 6.93. The molecule has 0 aromatic heterocycles. The molecule has 1 aromatic carbocycles. The maximum absolute atomic E-state index is 8.67. The molecule has 4 nitrogen and oxygen atoms in total. The van der Waals surface area contributed by atoms with Crippen LogP contribution in [0.25, 0.3) is 0 Å². The first-order chi connectivity index (χ1) is 9.02. The monoisotopic (exact) mass is 281 g/mol. The van der Waals surface area contributed by atoms with Gasteiger partial charge in [-0.2, -0.15) is 0 Å². The minimum absolute atomic E-state index is 0.0779. The highest BCUT2D eigenvalue weighted by Gasteiger charge is 2.24. The van der Waals surface area contributed by atoms with Crippen LogP contribution in [0.15, 0.2) is 23.4 Å². The van der Waals surface area contributed by atoms with Crippen molar-refractivity contribution < 1.29 is 5.21 Å². The van der Waals surface area contributed by atoms with Crippen LogP contribution in [-0.4, -0.2) is 24.1 Å². The van der Waals surface area contributed by atoms with Crippen LogP contribution in [0.1, 0.15) is 25.8 Å². The summed E-state index contributed by atoms with van der Waals surface area (Å²) in [5, 5.41) is 12.3. The van der Waals surface area contributed by atoms with Gasteiger partial charge in [0.1, 0.15) is 0 Å². The molecular formula is C14H20ClN3O. The van der Waals surface area contributed by atoms with Gasteiger partial charge in [-0.25, -0.2) is 0 Å². The van der Waals surface area contributed by atoms with Crippen molar-refractivity contribution in [2.24, 2.45) is 22.7 Å². The highest BCUT2D eigenvalue weighted by molar-refractivity contribution is 6.33. The number of rotatable bonds is 2. The molecule has 1 fully saturated rings. The van der Waals surface area contributed by atoms with Crippen molar-refractivity contribution in [1.82, 2.24) is 0 Å². The second-order valence-corrected chi connectivity index (χ2v) is 5.75. The summed E-state index contributed by atoms with van der Waals surface area (Å²) >= 11 is 6.31. The first kappa shape index (κ1) is 14.0. The Kier molecular flexibility index (Phi) is 4.20. The van der Waals surface area contributed by atoms with Gasteiger partial charge in [-0.05, 0) is 36.5 Å². The van der Waals surface area contributed by atoms with Crippen molar-refractivity contribution >= 4 is 23.1 Å². The summed E-state index contributed by atoms with van der Waals surface area (Å²) in [4.78, 5) is 2.31. The van der Waals surface area contributed by atoms with Crippen molar-refractivity contribution in [1.29, 1.82) is 0 Å². The van der Waals surface area contributed by atoms with E-state index >= 15 is 0 Å². The molecule has 1 aromatic rings. The topological polar surface area (TPSA) is 61.8 Å². The van der Waals surface area contributed by atoms with Gasteiger partial charge in [-0.15, -0.1) is 0 Å². The van der Waals surface area contributed by atoms with Crippen LogP contribution >= 0.6 is 11.6 Å². The predicted octanol–water partition coefficient (Wildman–Crippen LogP) is 2.92. The summed E-state index contributed by atoms with van der Waals surface area (Å²) < 4.78 is 0. The van der Waals surface area contributed by atoms with Crippen molar-refractivity contribution in [3.05, 3.63) is 28.8 Å². The lowest BCUT2D eigenvalue weighted by atomic mass is 9.88. The van der Waals surface area contributed by atoms with Gasteiger partial charge in [0.15, 0.2) is 5.84 Å². The summed E-state index contributed by atoms with van der Waals surface area (Å²) in [6, 6.07) is 5.52. The molecule has 2 unspecified atom stereocenters. The normalized spacial score (nSPS) is 24.6. The molecule has 0 radical (unpaired) electrons. The number of anilines is 1. The van der Waals surface area contributed by atoms with E-state index in [0.717, 1.165) is 24.7 Å². The van der Waals surface area contributed by atoms with Crippen LogP contribution in [0.2, 0.25) is 5.02 Å². The van der Waals surface area contributed by atoms with Crippen molar-refractivity contribution in [3.63, 3.8) is 0 Å². The van der Waals surface area contributed by atoms with Crippen LogP contribution in [0.5, 0.6) is 0 Å². The number of hydrogen-bond acceptors (Lipinski definition) is 3. The van der Waals surface area contributed by atoms with Crippen LogP contribution in [0.3, 0.4) is 0 Å². The molecule has 104 valence electrons. The van der Waals surface area contributed by atoms with E-state index in [4.69, 9.17) is 22.5 Å². The average molecular weight is 282 g/mol. The van der Waals surface area contributed by atoms with Crippen molar-refractivity contribution in [3.8, 4) is 0 Å². The summed E-state index contributed by atoms with van der Waals surface area (Å²) in [6.07, 6.45) is 1.18. The van der Waals surface area contributed by atoms with Gasteiger partial charge >= 0.3 is 0 Å². The lowest BCUT2D eigenvalue weighted by molar-refractivity contribution is 0.318. The fraction of sp³-hybridized carbons (Fsp3) is 0.500. The summed E-state index contributed by atoms with van der Waals surface area (Å²) in [6.45, 7) is 6.61. The average Bonchev–Trinajstić information content (AvgIpc) is 2.41. The van der Waals surface area contributed by atoms with Gasteiger partial charge in [-0.3, -0.25) is 0 Å². The Morgan fingerprint density at radius 3 is 2.74 bits per heavy atom. The fourth-order valence-corrected chi connectivity index (χ4v) is 2.76. The van der Waals surface area contributed by atoms with E-state index in [-0.39, 0.29) is 5.84 Å². The Morgan fingerprint density at radius 2 is 2.16 bits per heavy atom. The molecule has 0 spiro atoms. The van der Waals surface area contributed by atoms with Crippen molar-refractivity contribution in [2.45, 2.75) is 20.3 Å². The largest absolute Gasteiger partial charge is 0.409 e. The molecule has 19 heavy (non-hydrogen) atoms. The number of nitrogens with zero attached hydrogens (tertiary/aromatic N) is 2. The zero-order valence-electron chi connectivity index (χ0n) is 11.3. The Morgan fingerprint density at radius 1 is 1.42 bits per heavy atom. The maximum atomic E-state index is 8.67. The highest BCUT2D eigenvalue weighted by atomic mass is 35.5. The number of benzene rings is 1. The predicted molar refractivity (Wildman–Crippen MR) is 79.1 cm³/mol. The van der Waals surface area contributed by atoms with E-state index in [2.05, 4.69) is 23.9 Å². The molecule has 2 rings (SSSR count). The molecule has 3 N–H and O–H groups in total. The third-order valence-corrected chi connectivity index (χ3v) is 4.33. The molecular weight excluding hydrogens is 262 g/mol. The zero-order chi connectivity index (χ0) is 14.0. The summed E-state index contributed by atoms with van der Waals surface area (Å²) in [7, 11) is 0. The van der Waals surface area contributed by atoms with Crippen LogP contribution < -0.4 is 10.6 Å². The minimum atomic E-state index is 0.0779. The third-order valence-electron chi connectivity index (χ3n) is 4.03.